The molecule has 150 valence electrons. The zero-order chi connectivity index (χ0) is 20.7. The number of methoxy groups -OCH3 is 3. The van der Waals surface area contributed by atoms with Crippen molar-refractivity contribution in [3.63, 3.8) is 0 Å². The van der Waals surface area contributed by atoms with Crippen molar-refractivity contribution in [1.82, 2.24) is 0 Å². The van der Waals surface area contributed by atoms with Crippen LogP contribution in [0.1, 0.15) is 20.7 Å². The lowest BCUT2D eigenvalue weighted by Gasteiger charge is -2.12. The van der Waals surface area contributed by atoms with Gasteiger partial charge in [0.15, 0.2) is 18.1 Å². The molecule has 0 saturated heterocycles. The van der Waals surface area contributed by atoms with Crippen molar-refractivity contribution in [1.29, 1.82) is 0 Å². The van der Waals surface area contributed by atoms with Gasteiger partial charge in [-0.15, -0.1) is 0 Å². The summed E-state index contributed by atoms with van der Waals surface area (Å²) in [5.41, 5.74) is 0.191. The molecule has 0 aromatic heterocycles. The van der Waals surface area contributed by atoms with E-state index in [4.69, 9.17) is 18.9 Å². The highest BCUT2D eigenvalue weighted by Gasteiger charge is 2.18. The first kappa shape index (κ1) is 20.9. The van der Waals surface area contributed by atoms with Crippen LogP contribution in [0.15, 0.2) is 36.4 Å². The Morgan fingerprint density at radius 3 is 2.18 bits per heavy atom. The summed E-state index contributed by atoms with van der Waals surface area (Å²) in [4.78, 5) is 24.6. The predicted molar refractivity (Wildman–Crippen MR) is 93.8 cm³/mol. The molecule has 0 heterocycles. The van der Waals surface area contributed by atoms with Gasteiger partial charge in [-0.25, -0.2) is 4.79 Å². The highest BCUT2D eigenvalue weighted by atomic mass is 19.3. The van der Waals surface area contributed by atoms with Gasteiger partial charge in [-0.3, -0.25) is 4.79 Å². The number of Topliss-reactive ketones (excluding diaryl/α,β-unsaturated/α-hetero) is 1. The molecule has 2 aromatic carbocycles. The third-order valence-electron chi connectivity index (χ3n) is 3.66. The topological polar surface area (TPSA) is 80.3 Å². The lowest BCUT2D eigenvalue weighted by Crippen LogP contribution is -2.15. The predicted octanol–water partition coefficient (Wildman–Crippen LogP) is 3.35. The number of ketones is 1. The van der Waals surface area contributed by atoms with Gasteiger partial charge in [-0.2, -0.15) is 8.78 Å². The van der Waals surface area contributed by atoms with Gasteiger partial charge >= 0.3 is 12.6 Å². The summed E-state index contributed by atoms with van der Waals surface area (Å²) >= 11 is 0. The van der Waals surface area contributed by atoms with Crippen molar-refractivity contribution < 1.29 is 42.1 Å². The Kier molecular flexibility index (Phi) is 7.14. The molecule has 28 heavy (non-hydrogen) atoms. The standard InChI is InChI=1S/C19H18F2O7/c1-24-12-5-7-15(25-2)13(9-12)14(22)10-27-18(23)11-4-6-16(28-19(20)21)17(8-11)26-3/h4-9,19H,10H2,1-3H3. The monoisotopic (exact) mass is 396 g/mol. The second-order valence-corrected chi connectivity index (χ2v) is 5.31. The molecular weight excluding hydrogens is 378 g/mol. The second kappa shape index (κ2) is 9.54. The SMILES string of the molecule is COc1ccc(OC)c(C(=O)COC(=O)c2ccc(OC(F)F)c(OC)c2)c1. The molecular formula is C19H18F2O7. The van der Waals surface area contributed by atoms with E-state index >= 15 is 0 Å². The largest absolute Gasteiger partial charge is 0.497 e. The number of carbonyl (C=O) groups excluding carboxylic acids is 2. The molecule has 0 radical (unpaired) electrons. The molecule has 0 spiro atoms. The first-order valence-corrected chi connectivity index (χ1v) is 7.94. The van der Waals surface area contributed by atoms with Gasteiger partial charge in [0.25, 0.3) is 0 Å². The molecule has 9 heteroatoms. The number of halogens is 2. The van der Waals surface area contributed by atoms with Crippen LogP contribution < -0.4 is 18.9 Å². The van der Waals surface area contributed by atoms with Gasteiger partial charge in [0.2, 0.25) is 5.78 Å². The fraction of sp³-hybridized carbons (Fsp3) is 0.263. The van der Waals surface area contributed by atoms with Crippen LogP contribution >= 0.6 is 0 Å². The van der Waals surface area contributed by atoms with Crippen LogP contribution in [0.5, 0.6) is 23.0 Å². The minimum absolute atomic E-state index is 0.00359. The minimum Gasteiger partial charge on any atom is -0.497 e. The number of carbonyl (C=O) groups is 2. The Balaban J connectivity index is 2.10. The van der Waals surface area contributed by atoms with E-state index in [1.54, 1.807) is 12.1 Å². The molecule has 0 aliphatic heterocycles. The van der Waals surface area contributed by atoms with E-state index < -0.39 is 25.0 Å². The molecule has 0 fully saturated rings. The minimum atomic E-state index is -3.04. The van der Waals surface area contributed by atoms with Gasteiger partial charge in [0, 0.05) is 0 Å². The Bertz CT molecular complexity index is 852. The molecule has 0 unspecified atom stereocenters. The summed E-state index contributed by atoms with van der Waals surface area (Å²) in [7, 11) is 4.09. The van der Waals surface area contributed by atoms with Crippen molar-refractivity contribution >= 4 is 11.8 Å². The van der Waals surface area contributed by atoms with E-state index in [0.717, 1.165) is 6.07 Å². The van der Waals surface area contributed by atoms with Crippen molar-refractivity contribution in [3.05, 3.63) is 47.5 Å². The molecule has 0 aliphatic rings. The van der Waals surface area contributed by atoms with Gasteiger partial charge in [-0.05, 0) is 36.4 Å². The van der Waals surface area contributed by atoms with E-state index in [0.29, 0.717) is 11.5 Å². The summed E-state index contributed by atoms with van der Waals surface area (Å²) in [5.74, 6) is -0.903. The van der Waals surface area contributed by atoms with Gasteiger partial charge in [-0.1, -0.05) is 0 Å². The maximum atomic E-state index is 12.4. The zero-order valence-electron chi connectivity index (χ0n) is 15.4. The number of benzene rings is 2. The number of rotatable bonds is 9. The molecule has 0 bridgehead atoms. The van der Waals surface area contributed by atoms with E-state index in [1.165, 1.54) is 39.5 Å². The summed E-state index contributed by atoms with van der Waals surface area (Å²) < 4.78 is 49.1. The lowest BCUT2D eigenvalue weighted by atomic mass is 10.1. The molecule has 0 N–H and O–H groups in total. The summed E-state index contributed by atoms with van der Waals surface area (Å²) in [5, 5.41) is 0. The summed E-state index contributed by atoms with van der Waals surface area (Å²) in [6, 6.07) is 8.19. The normalized spacial score (nSPS) is 10.4. The summed E-state index contributed by atoms with van der Waals surface area (Å²) in [6.45, 7) is -3.60. The first-order chi connectivity index (χ1) is 13.4. The smallest absolute Gasteiger partial charge is 0.387 e. The first-order valence-electron chi connectivity index (χ1n) is 7.94. The summed E-state index contributed by atoms with van der Waals surface area (Å²) in [6.07, 6.45) is 0. The highest BCUT2D eigenvalue weighted by molar-refractivity contribution is 6.01. The molecule has 0 atom stereocenters. The fourth-order valence-corrected chi connectivity index (χ4v) is 2.31. The van der Waals surface area contributed by atoms with Gasteiger partial charge < -0.3 is 23.7 Å². The van der Waals surface area contributed by atoms with Crippen LogP contribution in [-0.4, -0.2) is 46.3 Å². The average Bonchev–Trinajstić information content (AvgIpc) is 2.70. The Hall–Kier alpha value is -3.36. The average molecular weight is 396 g/mol. The van der Waals surface area contributed by atoms with Crippen molar-refractivity contribution in [2.75, 3.05) is 27.9 Å². The molecule has 0 saturated carbocycles. The zero-order valence-corrected chi connectivity index (χ0v) is 15.4. The van der Waals surface area contributed by atoms with Gasteiger partial charge in [0.05, 0.1) is 32.5 Å². The van der Waals surface area contributed by atoms with Crippen LogP contribution in [-0.2, 0) is 4.74 Å². The Labute approximate surface area is 159 Å². The number of hydrogen-bond acceptors (Lipinski definition) is 7. The third kappa shape index (κ3) is 5.09. The van der Waals surface area contributed by atoms with Crippen LogP contribution in [0.4, 0.5) is 8.78 Å². The van der Waals surface area contributed by atoms with E-state index in [9.17, 15) is 18.4 Å². The van der Waals surface area contributed by atoms with Crippen LogP contribution in [0, 0.1) is 0 Å². The number of ether oxygens (including phenoxy) is 5. The maximum Gasteiger partial charge on any atom is 0.387 e. The molecule has 0 aliphatic carbocycles. The van der Waals surface area contributed by atoms with Crippen LogP contribution in [0.2, 0.25) is 0 Å². The molecule has 2 rings (SSSR count). The second-order valence-electron chi connectivity index (χ2n) is 5.31. The third-order valence-corrected chi connectivity index (χ3v) is 3.66. The quantitative estimate of drug-likeness (QED) is 0.475. The van der Waals surface area contributed by atoms with Crippen LogP contribution in [0.25, 0.3) is 0 Å². The molecule has 0 amide bonds. The Morgan fingerprint density at radius 2 is 1.57 bits per heavy atom. The maximum absolute atomic E-state index is 12.4. The number of alkyl halides is 2. The van der Waals surface area contributed by atoms with Crippen molar-refractivity contribution in [2.24, 2.45) is 0 Å². The molecule has 7 nitrogen and oxygen atoms in total. The van der Waals surface area contributed by atoms with E-state index in [1.807, 2.05) is 0 Å². The lowest BCUT2D eigenvalue weighted by molar-refractivity contribution is -0.0512. The number of hydrogen-bond donors (Lipinski definition) is 0. The van der Waals surface area contributed by atoms with Crippen molar-refractivity contribution in [2.45, 2.75) is 6.61 Å². The number of esters is 1. The van der Waals surface area contributed by atoms with Gasteiger partial charge in [0.1, 0.15) is 11.5 Å². The van der Waals surface area contributed by atoms with E-state index in [-0.39, 0.29) is 22.6 Å². The van der Waals surface area contributed by atoms with Crippen LogP contribution in [0.3, 0.4) is 0 Å². The highest BCUT2D eigenvalue weighted by Crippen LogP contribution is 2.30. The molecule has 2 aromatic rings. The fourth-order valence-electron chi connectivity index (χ4n) is 2.31. The van der Waals surface area contributed by atoms with E-state index in [2.05, 4.69) is 4.74 Å². The Morgan fingerprint density at radius 1 is 0.893 bits per heavy atom. The van der Waals surface area contributed by atoms with Crippen molar-refractivity contribution in [3.8, 4) is 23.0 Å².